The van der Waals surface area contributed by atoms with Gasteiger partial charge >= 0.3 is 0 Å². The lowest BCUT2D eigenvalue weighted by atomic mass is 9.85. The van der Waals surface area contributed by atoms with Crippen molar-refractivity contribution in [2.45, 2.75) is 6.42 Å². The molecule has 0 unspecified atom stereocenters. The Morgan fingerprint density at radius 3 is 2.18 bits per heavy atom. The summed E-state index contributed by atoms with van der Waals surface area (Å²) in [7, 11) is 0. The van der Waals surface area contributed by atoms with Crippen molar-refractivity contribution in [3.8, 4) is 0 Å². The van der Waals surface area contributed by atoms with Crippen LogP contribution in [0.25, 0.3) is 0 Å². The zero-order chi connectivity index (χ0) is 24.1. The number of fused-ring (bicyclic) bond motifs is 5. The number of carbonyl (C=O) groups excluding carboxylic acids is 4. The van der Waals surface area contributed by atoms with Gasteiger partial charge in [0.1, 0.15) is 12.1 Å². The molecule has 0 aromatic heterocycles. The Hall–Kier alpha value is -3.85. The van der Waals surface area contributed by atoms with Crippen molar-refractivity contribution in [3.05, 3.63) is 86.9 Å². The summed E-state index contributed by atoms with van der Waals surface area (Å²) in [6.07, 6.45) is 4.52. The van der Waals surface area contributed by atoms with Crippen LogP contribution in [0.1, 0.15) is 27.1 Å². The Morgan fingerprint density at radius 2 is 1.59 bits per heavy atom. The number of nitro groups is 1. The second-order valence-corrected chi connectivity index (χ2v) is 8.99. The lowest BCUT2D eigenvalue weighted by Crippen LogP contribution is -2.52. The number of nitro benzene ring substituents is 1. The van der Waals surface area contributed by atoms with Crippen molar-refractivity contribution in [3.63, 3.8) is 0 Å². The minimum Gasteiger partial charge on any atom is -0.292 e. The van der Waals surface area contributed by atoms with Crippen LogP contribution in [0.3, 0.4) is 0 Å². The number of hydrazine groups is 1. The molecule has 10 heteroatoms. The van der Waals surface area contributed by atoms with Gasteiger partial charge in [-0.15, -0.1) is 0 Å². The normalized spacial score (nSPS) is 24.4. The summed E-state index contributed by atoms with van der Waals surface area (Å²) in [4.78, 5) is 64.1. The first-order chi connectivity index (χ1) is 16.3. The Morgan fingerprint density at radius 1 is 1.00 bits per heavy atom. The molecule has 3 amide bonds. The fourth-order valence-corrected chi connectivity index (χ4v) is 5.30. The largest absolute Gasteiger partial charge is 0.292 e. The minimum absolute atomic E-state index is 0.105. The van der Waals surface area contributed by atoms with Gasteiger partial charge in [0, 0.05) is 16.7 Å². The first kappa shape index (κ1) is 22.0. The quantitative estimate of drug-likeness (QED) is 0.206. The second-order valence-electron chi connectivity index (χ2n) is 8.56. The van der Waals surface area contributed by atoms with Crippen LogP contribution < -0.4 is 0 Å². The van der Waals surface area contributed by atoms with E-state index in [-0.39, 0.29) is 23.0 Å². The summed E-state index contributed by atoms with van der Waals surface area (Å²) in [6, 6.07) is 11.2. The molecule has 0 N–H and O–H groups in total. The summed E-state index contributed by atoms with van der Waals surface area (Å²) >= 11 is 5.89. The standard InChI is InChI=1S/C24H18ClN3O6/c25-16-9-7-13(8-10-16)19(29)12-26(22(30)17-3-1-2-4-18(17)28(33)34)27-23(31)20-14-5-6-15(11-14)21(20)24(27)32/h1-10,14-15,20-21H,11-12H2/t14-,15-,20-,21-/m0/s1. The molecule has 2 fully saturated rings. The number of nitrogens with zero attached hydrogens (tertiary/aromatic N) is 3. The second kappa shape index (κ2) is 8.18. The topological polar surface area (TPSA) is 118 Å². The molecule has 0 spiro atoms. The molecule has 2 aliphatic carbocycles. The summed E-state index contributed by atoms with van der Waals surface area (Å²) in [5.74, 6) is -4.08. The van der Waals surface area contributed by atoms with Crippen molar-refractivity contribution < 1.29 is 24.1 Å². The third-order valence-electron chi connectivity index (χ3n) is 6.71. The summed E-state index contributed by atoms with van der Waals surface area (Å²) < 4.78 is 0. The maximum Gasteiger partial charge on any atom is 0.282 e. The molecule has 9 nitrogen and oxygen atoms in total. The van der Waals surface area contributed by atoms with Gasteiger partial charge in [-0.2, -0.15) is 5.01 Å². The number of amides is 3. The molecule has 34 heavy (non-hydrogen) atoms. The highest BCUT2D eigenvalue weighted by Gasteiger charge is 2.61. The van der Waals surface area contributed by atoms with Gasteiger partial charge in [-0.1, -0.05) is 35.9 Å². The molecule has 4 atom stereocenters. The van der Waals surface area contributed by atoms with Gasteiger partial charge in [-0.25, -0.2) is 5.01 Å². The van der Waals surface area contributed by atoms with Gasteiger partial charge in [0.05, 0.1) is 16.8 Å². The lowest BCUT2D eigenvalue weighted by molar-refractivity contribution is -0.385. The third-order valence-corrected chi connectivity index (χ3v) is 6.97. The minimum atomic E-state index is -0.975. The van der Waals surface area contributed by atoms with E-state index in [4.69, 9.17) is 11.6 Å². The number of imide groups is 1. The average Bonchev–Trinajstić information content (AvgIpc) is 3.51. The molecule has 1 saturated carbocycles. The summed E-state index contributed by atoms with van der Waals surface area (Å²) in [5.41, 5.74) is -0.599. The van der Waals surface area contributed by atoms with Crippen LogP contribution in [-0.4, -0.2) is 45.0 Å². The smallest absolute Gasteiger partial charge is 0.282 e. The molecule has 5 rings (SSSR count). The third kappa shape index (κ3) is 3.40. The number of hydrogen-bond donors (Lipinski definition) is 0. The Labute approximate surface area is 198 Å². The van der Waals surface area contributed by atoms with E-state index in [0.717, 1.165) is 16.1 Å². The molecule has 3 aliphatic rings. The van der Waals surface area contributed by atoms with Gasteiger partial charge in [-0.05, 0) is 48.6 Å². The van der Waals surface area contributed by atoms with E-state index in [0.29, 0.717) is 11.4 Å². The number of ketones is 1. The number of carbonyl (C=O) groups is 4. The molecule has 2 aromatic carbocycles. The van der Waals surface area contributed by atoms with E-state index in [1.165, 1.54) is 42.5 Å². The molecule has 1 heterocycles. The molecule has 2 bridgehead atoms. The first-order valence-corrected chi connectivity index (χ1v) is 11.1. The lowest BCUT2D eigenvalue weighted by Gasteiger charge is -2.30. The Bertz CT molecular complexity index is 1240. The molecular weight excluding hydrogens is 462 g/mol. The van der Waals surface area contributed by atoms with E-state index in [9.17, 15) is 29.3 Å². The van der Waals surface area contributed by atoms with Crippen LogP contribution in [0.15, 0.2) is 60.7 Å². The van der Waals surface area contributed by atoms with Crippen LogP contribution in [0.2, 0.25) is 5.02 Å². The number of hydrogen-bond acceptors (Lipinski definition) is 6. The molecular formula is C24H18ClN3O6. The number of rotatable bonds is 6. The van der Waals surface area contributed by atoms with E-state index in [1.807, 2.05) is 12.2 Å². The monoisotopic (exact) mass is 479 g/mol. The number of Topliss-reactive ketones (excluding diaryl/α,β-unsaturated/α-hetero) is 1. The first-order valence-electron chi connectivity index (χ1n) is 10.7. The van der Waals surface area contributed by atoms with Gasteiger partial charge < -0.3 is 0 Å². The zero-order valence-electron chi connectivity index (χ0n) is 17.7. The molecule has 172 valence electrons. The summed E-state index contributed by atoms with van der Waals surface area (Å²) in [5, 5.41) is 13.4. The Kier molecular flexibility index (Phi) is 5.28. The van der Waals surface area contributed by atoms with Crippen molar-refractivity contribution in [2.75, 3.05) is 6.54 Å². The van der Waals surface area contributed by atoms with Crippen LogP contribution in [0, 0.1) is 33.8 Å². The van der Waals surface area contributed by atoms with Crippen LogP contribution in [0.5, 0.6) is 0 Å². The van der Waals surface area contributed by atoms with Crippen molar-refractivity contribution in [1.29, 1.82) is 0 Å². The molecule has 0 radical (unpaired) electrons. The molecule has 2 aromatic rings. The number of halogens is 1. The van der Waals surface area contributed by atoms with Crippen molar-refractivity contribution in [2.24, 2.45) is 23.7 Å². The summed E-state index contributed by atoms with van der Waals surface area (Å²) in [6.45, 7) is -0.647. The highest BCUT2D eigenvalue weighted by molar-refractivity contribution is 6.30. The van der Waals surface area contributed by atoms with E-state index in [2.05, 4.69) is 0 Å². The number of benzene rings is 2. The highest BCUT2D eigenvalue weighted by atomic mass is 35.5. The van der Waals surface area contributed by atoms with Gasteiger partial charge in [0.25, 0.3) is 23.4 Å². The fourth-order valence-electron chi connectivity index (χ4n) is 5.17. The maximum atomic E-state index is 13.6. The molecule has 1 saturated heterocycles. The van der Waals surface area contributed by atoms with Gasteiger partial charge in [0.2, 0.25) is 0 Å². The van der Waals surface area contributed by atoms with Crippen molar-refractivity contribution in [1.82, 2.24) is 10.0 Å². The van der Waals surface area contributed by atoms with Gasteiger partial charge in [-0.3, -0.25) is 29.3 Å². The SMILES string of the molecule is O=C(CN(C(=O)c1ccccc1[N+](=O)[O-])N1C(=O)[C@@H]2[C@@H](C1=O)[C@H]1C=C[C@H]2C1)c1ccc(Cl)cc1. The zero-order valence-corrected chi connectivity index (χ0v) is 18.4. The van der Waals surface area contributed by atoms with Crippen LogP contribution in [-0.2, 0) is 9.59 Å². The number of para-hydroxylation sites is 1. The highest BCUT2D eigenvalue weighted by Crippen LogP contribution is 2.52. The maximum absolute atomic E-state index is 13.6. The van der Waals surface area contributed by atoms with E-state index in [1.54, 1.807) is 0 Å². The average molecular weight is 480 g/mol. The van der Waals surface area contributed by atoms with Crippen LogP contribution in [0.4, 0.5) is 5.69 Å². The van der Waals surface area contributed by atoms with Crippen LogP contribution >= 0.6 is 11.6 Å². The van der Waals surface area contributed by atoms with Crippen molar-refractivity contribution >= 4 is 40.8 Å². The predicted octanol–water partition coefficient (Wildman–Crippen LogP) is 3.30. The fraction of sp³-hybridized carbons (Fsp3) is 0.250. The number of allylic oxidation sites excluding steroid dienone is 2. The Balaban J connectivity index is 1.54. The van der Waals surface area contributed by atoms with E-state index < -0.39 is 52.5 Å². The predicted molar refractivity (Wildman–Crippen MR) is 119 cm³/mol. The molecule has 1 aliphatic heterocycles. The van der Waals surface area contributed by atoms with E-state index >= 15 is 0 Å². The van der Waals surface area contributed by atoms with Gasteiger partial charge in [0.15, 0.2) is 5.78 Å².